The number of benzene rings is 2. The molecule has 0 heterocycles. The molecule has 0 unspecified atom stereocenters. The van der Waals surface area contributed by atoms with Gasteiger partial charge in [0.05, 0.1) is 0 Å². The van der Waals surface area contributed by atoms with Crippen molar-refractivity contribution < 1.29 is 0 Å². The Kier molecular flexibility index (Phi) is 2.16. The summed E-state index contributed by atoms with van der Waals surface area (Å²) in [5, 5.41) is 0. The third-order valence-electron chi connectivity index (χ3n) is 3.84. The normalized spacial score (nSPS) is 16.2. The van der Waals surface area contributed by atoms with Crippen LogP contribution in [0.5, 0.6) is 0 Å². The summed E-state index contributed by atoms with van der Waals surface area (Å²) in [7, 11) is 0. The Bertz CT molecular complexity index is 576. The Hall–Kier alpha value is -1.56. The minimum absolute atomic E-state index is 0.247. The van der Waals surface area contributed by atoms with Crippen molar-refractivity contribution in [1.29, 1.82) is 0 Å². The van der Waals surface area contributed by atoms with E-state index >= 15 is 0 Å². The Balaban J connectivity index is 2.31. The van der Waals surface area contributed by atoms with E-state index in [1.807, 2.05) is 0 Å². The second-order valence-electron chi connectivity index (χ2n) is 5.77. The average molecular weight is 222 g/mol. The first-order valence-corrected chi connectivity index (χ1v) is 6.27. The van der Waals surface area contributed by atoms with Crippen LogP contribution in [0.4, 0.5) is 0 Å². The second kappa shape index (κ2) is 3.46. The van der Waals surface area contributed by atoms with Crippen LogP contribution in [0.3, 0.4) is 0 Å². The van der Waals surface area contributed by atoms with Gasteiger partial charge in [-0.05, 0) is 41.0 Å². The molecule has 0 N–H and O–H groups in total. The molecule has 86 valence electrons. The van der Waals surface area contributed by atoms with Crippen LogP contribution in [-0.4, -0.2) is 0 Å². The smallest absolute Gasteiger partial charge is 0.00568 e. The lowest BCUT2D eigenvalue weighted by Gasteiger charge is -2.34. The van der Waals surface area contributed by atoms with E-state index in [1.165, 1.54) is 27.8 Å². The van der Waals surface area contributed by atoms with Crippen LogP contribution in [0, 0.1) is 6.92 Å². The maximum atomic E-state index is 2.34. The van der Waals surface area contributed by atoms with Gasteiger partial charge >= 0.3 is 0 Å². The molecule has 1 aliphatic carbocycles. The standard InChI is InChI=1S/C17H18/c1-12-8-9-14-13(10-12)11-17(2,3)16-7-5-4-6-15(14)16/h4-10H,11H2,1-3H3. The van der Waals surface area contributed by atoms with E-state index in [9.17, 15) is 0 Å². The molecule has 0 bridgehead atoms. The summed E-state index contributed by atoms with van der Waals surface area (Å²) in [4.78, 5) is 0. The zero-order valence-corrected chi connectivity index (χ0v) is 10.7. The van der Waals surface area contributed by atoms with Crippen molar-refractivity contribution in [1.82, 2.24) is 0 Å². The SMILES string of the molecule is Cc1ccc2c(c1)CC(C)(C)c1ccccc1-2. The topological polar surface area (TPSA) is 0 Å². The molecule has 1 aliphatic rings. The van der Waals surface area contributed by atoms with Crippen LogP contribution < -0.4 is 0 Å². The maximum Gasteiger partial charge on any atom is -0.00568 e. The van der Waals surface area contributed by atoms with E-state index in [0.29, 0.717) is 0 Å². The molecule has 3 rings (SSSR count). The average Bonchev–Trinajstić information content (AvgIpc) is 2.28. The van der Waals surface area contributed by atoms with Gasteiger partial charge in [0, 0.05) is 0 Å². The summed E-state index contributed by atoms with van der Waals surface area (Å²) in [6, 6.07) is 15.7. The zero-order valence-electron chi connectivity index (χ0n) is 10.7. The quantitative estimate of drug-likeness (QED) is 0.616. The molecule has 0 aliphatic heterocycles. The Morgan fingerprint density at radius 1 is 0.941 bits per heavy atom. The lowest BCUT2D eigenvalue weighted by Crippen LogP contribution is -2.25. The zero-order chi connectivity index (χ0) is 12.0. The van der Waals surface area contributed by atoms with Crippen molar-refractivity contribution in [3.05, 3.63) is 59.2 Å². The molecule has 0 heteroatoms. The highest BCUT2D eigenvalue weighted by Crippen LogP contribution is 2.42. The number of hydrogen-bond donors (Lipinski definition) is 0. The van der Waals surface area contributed by atoms with Gasteiger partial charge in [-0.1, -0.05) is 61.9 Å². The molecule has 2 aromatic carbocycles. The monoisotopic (exact) mass is 222 g/mol. The third kappa shape index (κ3) is 1.59. The van der Waals surface area contributed by atoms with Crippen LogP contribution >= 0.6 is 0 Å². The number of hydrogen-bond acceptors (Lipinski definition) is 0. The van der Waals surface area contributed by atoms with Crippen molar-refractivity contribution in [2.24, 2.45) is 0 Å². The molecule has 0 spiro atoms. The van der Waals surface area contributed by atoms with E-state index < -0.39 is 0 Å². The fourth-order valence-corrected chi connectivity index (χ4v) is 3.01. The van der Waals surface area contributed by atoms with Crippen LogP contribution in [-0.2, 0) is 11.8 Å². The van der Waals surface area contributed by atoms with Gasteiger partial charge in [0.25, 0.3) is 0 Å². The summed E-state index contributed by atoms with van der Waals surface area (Å²) in [6.45, 7) is 6.86. The van der Waals surface area contributed by atoms with Crippen molar-refractivity contribution in [3.8, 4) is 11.1 Å². The van der Waals surface area contributed by atoms with Gasteiger partial charge in [-0.25, -0.2) is 0 Å². The van der Waals surface area contributed by atoms with Gasteiger partial charge in [-0.2, -0.15) is 0 Å². The maximum absolute atomic E-state index is 2.34. The molecule has 0 saturated carbocycles. The lowest BCUT2D eigenvalue weighted by molar-refractivity contribution is 0.517. The first kappa shape index (κ1) is 10.6. The molecule has 0 atom stereocenters. The van der Waals surface area contributed by atoms with E-state index in [0.717, 1.165) is 6.42 Å². The van der Waals surface area contributed by atoms with E-state index in [2.05, 4.69) is 63.2 Å². The minimum Gasteiger partial charge on any atom is -0.0619 e. The molecule has 0 aromatic heterocycles. The van der Waals surface area contributed by atoms with Gasteiger partial charge in [0.1, 0.15) is 0 Å². The molecule has 0 nitrogen and oxygen atoms in total. The molecule has 0 amide bonds. The molecule has 0 saturated heterocycles. The fraction of sp³-hybridized carbons (Fsp3) is 0.294. The molecular weight excluding hydrogens is 204 g/mol. The largest absolute Gasteiger partial charge is 0.0619 e. The predicted octanol–water partition coefficient (Wildman–Crippen LogP) is 4.50. The van der Waals surface area contributed by atoms with Crippen molar-refractivity contribution >= 4 is 0 Å². The van der Waals surface area contributed by atoms with Gasteiger partial charge in [-0.15, -0.1) is 0 Å². The summed E-state index contributed by atoms with van der Waals surface area (Å²) >= 11 is 0. The van der Waals surface area contributed by atoms with Crippen LogP contribution in [0.25, 0.3) is 11.1 Å². The fourth-order valence-electron chi connectivity index (χ4n) is 3.01. The molecule has 2 aromatic rings. The molecule has 0 radical (unpaired) electrons. The summed E-state index contributed by atoms with van der Waals surface area (Å²) in [6.07, 6.45) is 1.14. The highest BCUT2D eigenvalue weighted by atomic mass is 14.3. The predicted molar refractivity (Wildman–Crippen MR) is 73.3 cm³/mol. The first-order chi connectivity index (χ1) is 8.08. The Morgan fingerprint density at radius 2 is 1.71 bits per heavy atom. The van der Waals surface area contributed by atoms with Crippen molar-refractivity contribution in [2.45, 2.75) is 32.6 Å². The van der Waals surface area contributed by atoms with Gasteiger partial charge < -0.3 is 0 Å². The third-order valence-corrected chi connectivity index (χ3v) is 3.84. The van der Waals surface area contributed by atoms with E-state index in [1.54, 1.807) is 0 Å². The number of fused-ring (bicyclic) bond motifs is 3. The Morgan fingerprint density at radius 3 is 2.53 bits per heavy atom. The second-order valence-corrected chi connectivity index (χ2v) is 5.77. The van der Waals surface area contributed by atoms with Gasteiger partial charge in [0.2, 0.25) is 0 Å². The van der Waals surface area contributed by atoms with E-state index in [-0.39, 0.29) is 5.41 Å². The first-order valence-electron chi connectivity index (χ1n) is 6.27. The van der Waals surface area contributed by atoms with Crippen molar-refractivity contribution in [2.75, 3.05) is 0 Å². The Labute approximate surface area is 103 Å². The minimum atomic E-state index is 0.247. The molecule has 0 fully saturated rings. The van der Waals surface area contributed by atoms with Gasteiger partial charge in [-0.3, -0.25) is 0 Å². The summed E-state index contributed by atoms with van der Waals surface area (Å²) < 4.78 is 0. The summed E-state index contributed by atoms with van der Waals surface area (Å²) in [5.74, 6) is 0. The van der Waals surface area contributed by atoms with Crippen molar-refractivity contribution in [3.63, 3.8) is 0 Å². The van der Waals surface area contributed by atoms with Crippen LogP contribution in [0.1, 0.15) is 30.5 Å². The molecular formula is C17H18. The van der Waals surface area contributed by atoms with Crippen LogP contribution in [0.15, 0.2) is 42.5 Å². The summed E-state index contributed by atoms with van der Waals surface area (Å²) in [5.41, 5.74) is 7.42. The van der Waals surface area contributed by atoms with Gasteiger partial charge in [0.15, 0.2) is 0 Å². The number of aryl methyl sites for hydroxylation is 1. The highest BCUT2D eigenvalue weighted by molar-refractivity contribution is 5.75. The van der Waals surface area contributed by atoms with E-state index in [4.69, 9.17) is 0 Å². The molecule has 17 heavy (non-hydrogen) atoms. The lowest BCUT2D eigenvalue weighted by atomic mass is 9.70. The number of rotatable bonds is 0. The van der Waals surface area contributed by atoms with Crippen LogP contribution in [0.2, 0.25) is 0 Å². The highest BCUT2D eigenvalue weighted by Gasteiger charge is 2.30.